The van der Waals surface area contributed by atoms with Gasteiger partial charge in [0.05, 0.1) is 6.42 Å². The molecule has 8 heteroatoms. The Morgan fingerprint density at radius 3 is 2.23 bits per heavy atom. The van der Waals surface area contributed by atoms with Gasteiger partial charge in [-0.2, -0.15) is 0 Å². The lowest BCUT2D eigenvalue weighted by Gasteiger charge is -2.12. The first-order chi connectivity index (χ1) is 14.2. The highest BCUT2D eigenvalue weighted by Gasteiger charge is 2.10. The Morgan fingerprint density at radius 1 is 0.933 bits per heavy atom. The lowest BCUT2D eigenvalue weighted by Crippen LogP contribution is -2.48. The Hall–Kier alpha value is -3.26. The molecule has 0 aromatic heterocycles. The van der Waals surface area contributed by atoms with E-state index >= 15 is 0 Å². The molecule has 0 saturated heterocycles. The van der Waals surface area contributed by atoms with Gasteiger partial charge in [-0.15, -0.1) is 0 Å². The molecule has 0 radical (unpaired) electrons. The van der Waals surface area contributed by atoms with Crippen LogP contribution in [0.2, 0.25) is 0 Å². The van der Waals surface area contributed by atoms with E-state index in [4.69, 9.17) is 12.2 Å². The quantitative estimate of drug-likeness (QED) is 0.421. The number of carbonyl (C=O) groups is 3. The van der Waals surface area contributed by atoms with E-state index in [-0.39, 0.29) is 29.3 Å². The number of anilines is 1. The number of thiocarbonyl (C=S) groups is 1. The van der Waals surface area contributed by atoms with Crippen LogP contribution in [0.5, 0.6) is 0 Å². The van der Waals surface area contributed by atoms with Gasteiger partial charge in [0.25, 0.3) is 5.91 Å². The summed E-state index contributed by atoms with van der Waals surface area (Å²) >= 11 is 5.04. The lowest BCUT2D eigenvalue weighted by atomic mass is 10.1. The Labute approximate surface area is 181 Å². The topological polar surface area (TPSA) is 99.3 Å². The molecule has 0 atom stereocenters. The highest BCUT2D eigenvalue weighted by Crippen LogP contribution is 2.11. The molecule has 0 unspecified atom stereocenters. The monoisotopic (exact) mass is 426 g/mol. The minimum Gasteiger partial charge on any atom is -0.326 e. The molecule has 0 aliphatic carbocycles. The summed E-state index contributed by atoms with van der Waals surface area (Å²) < 4.78 is 0. The number of benzene rings is 2. The maximum absolute atomic E-state index is 12.2. The van der Waals surface area contributed by atoms with Crippen LogP contribution in [0.25, 0.3) is 0 Å². The highest BCUT2D eigenvalue weighted by atomic mass is 32.1. The zero-order valence-electron chi connectivity index (χ0n) is 17.2. The van der Waals surface area contributed by atoms with Crippen LogP contribution in [-0.4, -0.2) is 22.8 Å². The molecule has 2 rings (SSSR count). The Morgan fingerprint density at radius 2 is 1.60 bits per heavy atom. The fourth-order valence-corrected chi connectivity index (χ4v) is 2.82. The first kappa shape index (κ1) is 23.0. The van der Waals surface area contributed by atoms with Gasteiger partial charge in [0.2, 0.25) is 11.8 Å². The molecule has 0 heterocycles. The molecule has 0 fully saturated rings. The lowest BCUT2D eigenvalue weighted by molar-refractivity contribution is -0.119. The molecular formula is C22H26N4O3S. The van der Waals surface area contributed by atoms with Crippen LogP contribution < -0.4 is 21.5 Å². The summed E-state index contributed by atoms with van der Waals surface area (Å²) in [6, 6.07) is 14.1. The van der Waals surface area contributed by atoms with Gasteiger partial charge in [0.15, 0.2) is 5.11 Å². The van der Waals surface area contributed by atoms with Crippen molar-refractivity contribution in [1.82, 2.24) is 16.2 Å². The predicted octanol–water partition coefficient (Wildman–Crippen LogP) is 2.86. The Bertz CT molecular complexity index is 926. The van der Waals surface area contributed by atoms with Crippen LogP contribution in [0.4, 0.5) is 5.69 Å². The smallest absolute Gasteiger partial charge is 0.269 e. The average molecular weight is 427 g/mol. The van der Waals surface area contributed by atoms with Crippen LogP contribution in [0, 0.1) is 12.8 Å². The molecule has 0 spiro atoms. The van der Waals surface area contributed by atoms with Gasteiger partial charge >= 0.3 is 0 Å². The molecule has 0 aliphatic heterocycles. The molecule has 0 bridgehead atoms. The summed E-state index contributed by atoms with van der Waals surface area (Å²) in [5.74, 6) is -0.513. The summed E-state index contributed by atoms with van der Waals surface area (Å²) in [5, 5.41) is 5.31. The SMILES string of the molecule is Cc1ccccc1CC(=O)NC(=S)NNC(=O)c1ccc(NC(=O)CC(C)C)cc1. The fourth-order valence-electron chi connectivity index (χ4n) is 2.66. The van der Waals surface area contributed by atoms with Gasteiger partial charge in [0, 0.05) is 17.7 Å². The van der Waals surface area contributed by atoms with Crippen LogP contribution in [0.1, 0.15) is 41.8 Å². The van der Waals surface area contributed by atoms with E-state index in [1.54, 1.807) is 24.3 Å². The highest BCUT2D eigenvalue weighted by molar-refractivity contribution is 7.80. The van der Waals surface area contributed by atoms with E-state index in [0.29, 0.717) is 17.7 Å². The van der Waals surface area contributed by atoms with Gasteiger partial charge in [-0.05, 0) is 60.5 Å². The third-order valence-electron chi connectivity index (χ3n) is 4.18. The van der Waals surface area contributed by atoms with Crippen LogP contribution in [-0.2, 0) is 16.0 Å². The van der Waals surface area contributed by atoms with Crippen molar-refractivity contribution in [3.63, 3.8) is 0 Å². The van der Waals surface area contributed by atoms with Gasteiger partial charge in [0.1, 0.15) is 0 Å². The summed E-state index contributed by atoms with van der Waals surface area (Å²) in [5.41, 5.74) is 7.86. The van der Waals surface area contributed by atoms with E-state index in [1.165, 1.54) is 0 Å². The third kappa shape index (κ3) is 7.63. The second-order valence-corrected chi connectivity index (χ2v) is 7.69. The molecule has 2 aromatic rings. The largest absolute Gasteiger partial charge is 0.326 e. The van der Waals surface area contributed by atoms with E-state index in [1.807, 2.05) is 45.0 Å². The molecule has 158 valence electrons. The zero-order chi connectivity index (χ0) is 22.1. The van der Waals surface area contributed by atoms with Crippen molar-refractivity contribution >= 4 is 40.7 Å². The molecule has 3 amide bonds. The fraction of sp³-hybridized carbons (Fsp3) is 0.273. The first-order valence-electron chi connectivity index (χ1n) is 9.59. The third-order valence-corrected chi connectivity index (χ3v) is 4.38. The first-order valence-corrected chi connectivity index (χ1v) is 10.00. The van der Waals surface area contributed by atoms with Crippen molar-refractivity contribution in [3.8, 4) is 0 Å². The molecule has 0 saturated carbocycles. The predicted molar refractivity (Wildman–Crippen MR) is 121 cm³/mol. The standard InChI is InChI=1S/C22H26N4O3S/c1-14(2)12-19(27)23-18-10-8-16(9-11-18)21(29)25-26-22(30)24-20(28)13-17-7-5-4-6-15(17)3/h4-11,14H,12-13H2,1-3H3,(H,23,27)(H,25,29)(H2,24,26,28,30). The normalized spacial score (nSPS) is 10.3. The second kappa shape index (κ2) is 11.1. The van der Waals surface area contributed by atoms with Crippen LogP contribution >= 0.6 is 12.2 Å². The number of aryl methyl sites for hydroxylation is 1. The molecule has 2 aromatic carbocycles. The number of nitrogens with one attached hydrogen (secondary N) is 4. The number of hydrogen-bond acceptors (Lipinski definition) is 4. The Balaban J connectivity index is 1.79. The molecular weight excluding hydrogens is 400 g/mol. The second-order valence-electron chi connectivity index (χ2n) is 7.28. The van der Waals surface area contributed by atoms with E-state index in [9.17, 15) is 14.4 Å². The number of carbonyl (C=O) groups excluding carboxylic acids is 3. The van der Waals surface area contributed by atoms with Crippen molar-refractivity contribution in [2.24, 2.45) is 5.92 Å². The zero-order valence-corrected chi connectivity index (χ0v) is 18.1. The summed E-state index contributed by atoms with van der Waals surface area (Å²) in [4.78, 5) is 36.1. The van der Waals surface area contributed by atoms with Crippen molar-refractivity contribution in [3.05, 3.63) is 65.2 Å². The van der Waals surface area contributed by atoms with Crippen molar-refractivity contribution in [1.29, 1.82) is 0 Å². The van der Waals surface area contributed by atoms with Crippen LogP contribution in [0.3, 0.4) is 0 Å². The van der Waals surface area contributed by atoms with Gasteiger partial charge in [-0.1, -0.05) is 38.1 Å². The molecule has 30 heavy (non-hydrogen) atoms. The molecule has 0 aliphatic rings. The summed E-state index contributed by atoms with van der Waals surface area (Å²) in [6.07, 6.45) is 0.617. The van der Waals surface area contributed by atoms with Crippen LogP contribution in [0.15, 0.2) is 48.5 Å². The molecule has 4 N–H and O–H groups in total. The van der Waals surface area contributed by atoms with E-state index in [2.05, 4.69) is 21.5 Å². The molecule has 7 nitrogen and oxygen atoms in total. The van der Waals surface area contributed by atoms with E-state index in [0.717, 1.165) is 11.1 Å². The maximum atomic E-state index is 12.2. The number of hydrazine groups is 1. The van der Waals surface area contributed by atoms with E-state index < -0.39 is 5.91 Å². The average Bonchev–Trinajstić information content (AvgIpc) is 2.67. The minimum absolute atomic E-state index is 0.000460. The van der Waals surface area contributed by atoms with Gasteiger partial charge in [-0.3, -0.25) is 25.2 Å². The van der Waals surface area contributed by atoms with Gasteiger partial charge in [-0.25, -0.2) is 0 Å². The number of rotatable bonds is 6. The van der Waals surface area contributed by atoms with Crippen molar-refractivity contribution in [2.75, 3.05) is 5.32 Å². The van der Waals surface area contributed by atoms with Crippen molar-refractivity contribution in [2.45, 2.75) is 33.6 Å². The summed E-state index contributed by atoms with van der Waals surface area (Å²) in [7, 11) is 0. The summed E-state index contributed by atoms with van der Waals surface area (Å²) in [6.45, 7) is 5.87. The van der Waals surface area contributed by atoms with Gasteiger partial charge < -0.3 is 10.6 Å². The maximum Gasteiger partial charge on any atom is 0.269 e. The Kier molecular flexibility index (Phi) is 8.49. The van der Waals surface area contributed by atoms with Crippen molar-refractivity contribution < 1.29 is 14.4 Å². The number of hydrogen-bond donors (Lipinski definition) is 4. The minimum atomic E-state index is -0.425. The number of amides is 3.